The standard InChI is InChI=1S/C51H32N4O/c1-4-14-33(15-5-1)36-25-28-46-42(30-36)40-21-11-13-23-45(40)55(46)44-22-12-10-20-39(44)37-26-29-47-43(31-37)41-27-24-38(32-48(41)56-47)51-53-49(34-16-6-2-7-17-34)52-50(54-51)35-18-8-3-9-19-35/h1-32H. The quantitative estimate of drug-likeness (QED) is 0.172. The second-order valence-corrected chi connectivity index (χ2v) is 14.0. The molecule has 5 heteroatoms. The van der Waals surface area contributed by atoms with Crippen molar-refractivity contribution >= 4 is 43.7 Å². The van der Waals surface area contributed by atoms with Crippen LogP contribution in [0.2, 0.25) is 0 Å². The van der Waals surface area contributed by atoms with Gasteiger partial charge in [-0.15, -0.1) is 0 Å². The number of hydrogen-bond acceptors (Lipinski definition) is 4. The number of benzene rings is 8. The molecule has 11 rings (SSSR count). The Hall–Kier alpha value is -7.63. The summed E-state index contributed by atoms with van der Waals surface area (Å²) in [5.74, 6) is 1.85. The summed E-state index contributed by atoms with van der Waals surface area (Å²) in [4.78, 5) is 14.8. The minimum atomic E-state index is 0.594. The molecule has 0 bridgehead atoms. The summed E-state index contributed by atoms with van der Waals surface area (Å²) in [5, 5.41) is 4.55. The van der Waals surface area contributed by atoms with Crippen LogP contribution in [0, 0.1) is 0 Å². The van der Waals surface area contributed by atoms with Crippen molar-refractivity contribution in [3.05, 3.63) is 194 Å². The number of para-hydroxylation sites is 2. The molecule has 3 aromatic heterocycles. The monoisotopic (exact) mass is 716 g/mol. The lowest BCUT2D eigenvalue weighted by atomic mass is 10.0. The lowest BCUT2D eigenvalue weighted by Gasteiger charge is -2.14. The molecular weight excluding hydrogens is 685 g/mol. The molecule has 56 heavy (non-hydrogen) atoms. The Morgan fingerprint density at radius 2 is 0.875 bits per heavy atom. The molecule has 0 atom stereocenters. The third kappa shape index (κ3) is 5.37. The van der Waals surface area contributed by atoms with Gasteiger partial charge in [0.1, 0.15) is 11.2 Å². The number of furan rings is 1. The van der Waals surface area contributed by atoms with E-state index in [0.717, 1.165) is 55.4 Å². The maximum absolute atomic E-state index is 6.52. The van der Waals surface area contributed by atoms with Crippen LogP contribution in [0.25, 0.3) is 106 Å². The molecular formula is C51H32N4O. The first-order chi connectivity index (χ1) is 27.7. The van der Waals surface area contributed by atoms with Crippen molar-refractivity contribution in [2.24, 2.45) is 0 Å². The molecule has 0 aliphatic carbocycles. The van der Waals surface area contributed by atoms with E-state index in [1.807, 2.05) is 66.7 Å². The Labute approximate surface area is 322 Å². The first-order valence-corrected chi connectivity index (χ1v) is 18.8. The smallest absolute Gasteiger partial charge is 0.164 e. The van der Waals surface area contributed by atoms with Crippen molar-refractivity contribution in [2.75, 3.05) is 0 Å². The van der Waals surface area contributed by atoms with E-state index >= 15 is 0 Å². The highest BCUT2D eigenvalue weighted by molar-refractivity contribution is 6.11. The van der Waals surface area contributed by atoms with Gasteiger partial charge >= 0.3 is 0 Å². The number of hydrogen-bond donors (Lipinski definition) is 0. The summed E-state index contributed by atoms with van der Waals surface area (Å²) < 4.78 is 8.93. The van der Waals surface area contributed by atoms with E-state index in [1.54, 1.807) is 0 Å². The largest absolute Gasteiger partial charge is 0.456 e. The van der Waals surface area contributed by atoms with Gasteiger partial charge in [-0.25, -0.2) is 15.0 Å². The van der Waals surface area contributed by atoms with Crippen molar-refractivity contribution in [3.8, 4) is 62.1 Å². The maximum Gasteiger partial charge on any atom is 0.164 e. The molecule has 0 saturated carbocycles. The molecule has 0 saturated heterocycles. The van der Waals surface area contributed by atoms with Crippen LogP contribution in [0.3, 0.4) is 0 Å². The fourth-order valence-corrected chi connectivity index (χ4v) is 7.98. The second kappa shape index (κ2) is 13.0. The SMILES string of the molecule is c1ccc(-c2ccc3c(c2)c2ccccc2n3-c2ccccc2-c2ccc3oc4cc(-c5nc(-c6ccccc6)nc(-c6ccccc6)n5)ccc4c3c2)cc1. The van der Waals surface area contributed by atoms with Crippen molar-refractivity contribution < 1.29 is 4.42 Å². The third-order valence-corrected chi connectivity index (χ3v) is 10.7. The Kier molecular flexibility index (Phi) is 7.42. The summed E-state index contributed by atoms with van der Waals surface area (Å²) in [6, 6.07) is 67.6. The third-order valence-electron chi connectivity index (χ3n) is 10.7. The Bertz CT molecular complexity index is 3180. The normalized spacial score (nSPS) is 11.6. The highest BCUT2D eigenvalue weighted by atomic mass is 16.3. The molecule has 8 aromatic carbocycles. The lowest BCUT2D eigenvalue weighted by molar-refractivity contribution is 0.669. The summed E-state index contributed by atoms with van der Waals surface area (Å²) in [6.45, 7) is 0. The zero-order valence-electron chi connectivity index (χ0n) is 30.2. The molecule has 0 unspecified atom stereocenters. The first kappa shape index (κ1) is 31.9. The number of aromatic nitrogens is 4. The van der Waals surface area contributed by atoms with Gasteiger partial charge in [-0.3, -0.25) is 0 Å². The Morgan fingerprint density at radius 3 is 1.61 bits per heavy atom. The van der Waals surface area contributed by atoms with Gasteiger partial charge in [0.15, 0.2) is 17.5 Å². The summed E-state index contributed by atoms with van der Waals surface area (Å²) in [5.41, 5.74) is 12.5. The first-order valence-electron chi connectivity index (χ1n) is 18.8. The van der Waals surface area contributed by atoms with Crippen LogP contribution in [0.5, 0.6) is 0 Å². The van der Waals surface area contributed by atoms with Crippen LogP contribution in [-0.4, -0.2) is 19.5 Å². The van der Waals surface area contributed by atoms with E-state index in [4.69, 9.17) is 19.4 Å². The molecule has 0 N–H and O–H groups in total. The highest BCUT2D eigenvalue weighted by Crippen LogP contribution is 2.40. The van der Waals surface area contributed by atoms with E-state index in [0.29, 0.717) is 17.5 Å². The molecule has 0 radical (unpaired) electrons. The number of fused-ring (bicyclic) bond motifs is 6. The fourth-order valence-electron chi connectivity index (χ4n) is 7.98. The molecule has 0 spiro atoms. The molecule has 11 aromatic rings. The minimum absolute atomic E-state index is 0.594. The van der Waals surface area contributed by atoms with Crippen molar-refractivity contribution in [3.63, 3.8) is 0 Å². The van der Waals surface area contributed by atoms with Crippen LogP contribution < -0.4 is 0 Å². The van der Waals surface area contributed by atoms with Gasteiger partial charge in [-0.1, -0.05) is 146 Å². The van der Waals surface area contributed by atoms with E-state index in [9.17, 15) is 0 Å². The van der Waals surface area contributed by atoms with Gasteiger partial charge in [0.25, 0.3) is 0 Å². The van der Waals surface area contributed by atoms with Crippen molar-refractivity contribution in [1.82, 2.24) is 19.5 Å². The van der Waals surface area contributed by atoms with Crippen LogP contribution in [0.4, 0.5) is 0 Å². The lowest BCUT2D eigenvalue weighted by Crippen LogP contribution is -2.00. The number of rotatable bonds is 6. The Morgan fingerprint density at radius 1 is 0.321 bits per heavy atom. The zero-order chi connectivity index (χ0) is 37.0. The summed E-state index contributed by atoms with van der Waals surface area (Å²) in [7, 11) is 0. The van der Waals surface area contributed by atoms with Gasteiger partial charge in [0.2, 0.25) is 0 Å². The van der Waals surface area contributed by atoms with Crippen molar-refractivity contribution in [2.45, 2.75) is 0 Å². The molecule has 0 amide bonds. The van der Waals surface area contributed by atoms with Gasteiger partial charge in [0, 0.05) is 43.8 Å². The minimum Gasteiger partial charge on any atom is -0.456 e. The highest BCUT2D eigenvalue weighted by Gasteiger charge is 2.18. The van der Waals surface area contributed by atoms with E-state index in [2.05, 4.69) is 132 Å². The van der Waals surface area contributed by atoms with Crippen LogP contribution in [0.1, 0.15) is 0 Å². The Balaban J connectivity index is 1.03. The van der Waals surface area contributed by atoms with Gasteiger partial charge < -0.3 is 8.98 Å². The predicted molar refractivity (Wildman–Crippen MR) is 229 cm³/mol. The second-order valence-electron chi connectivity index (χ2n) is 14.0. The molecule has 262 valence electrons. The van der Waals surface area contributed by atoms with Crippen LogP contribution >= 0.6 is 0 Å². The molecule has 5 nitrogen and oxygen atoms in total. The molecule has 0 fully saturated rings. The average molecular weight is 717 g/mol. The fraction of sp³-hybridized carbons (Fsp3) is 0. The zero-order valence-corrected chi connectivity index (χ0v) is 30.2. The van der Waals surface area contributed by atoms with Crippen molar-refractivity contribution in [1.29, 1.82) is 0 Å². The van der Waals surface area contributed by atoms with Gasteiger partial charge in [0.05, 0.1) is 16.7 Å². The maximum atomic E-state index is 6.52. The summed E-state index contributed by atoms with van der Waals surface area (Å²) >= 11 is 0. The number of nitrogens with zero attached hydrogens (tertiary/aromatic N) is 4. The van der Waals surface area contributed by atoms with E-state index < -0.39 is 0 Å². The average Bonchev–Trinajstić information content (AvgIpc) is 3.81. The molecule has 0 aliphatic rings. The van der Waals surface area contributed by atoms with E-state index in [-0.39, 0.29) is 0 Å². The van der Waals surface area contributed by atoms with Crippen LogP contribution in [-0.2, 0) is 0 Å². The van der Waals surface area contributed by atoms with Gasteiger partial charge in [-0.05, 0) is 65.2 Å². The topological polar surface area (TPSA) is 56.7 Å². The predicted octanol–water partition coefficient (Wildman–Crippen LogP) is 13.2. The van der Waals surface area contributed by atoms with E-state index in [1.165, 1.54) is 32.9 Å². The summed E-state index contributed by atoms with van der Waals surface area (Å²) in [6.07, 6.45) is 0. The molecule has 0 aliphatic heterocycles. The van der Waals surface area contributed by atoms with Gasteiger partial charge in [-0.2, -0.15) is 0 Å². The molecule has 3 heterocycles. The van der Waals surface area contributed by atoms with Crippen LogP contribution in [0.15, 0.2) is 199 Å².